The summed E-state index contributed by atoms with van der Waals surface area (Å²) >= 11 is 7.31. The normalized spacial score (nSPS) is 14.0. The Labute approximate surface area is 213 Å². The van der Waals surface area contributed by atoms with Gasteiger partial charge in [-0.2, -0.15) is 0 Å². The van der Waals surface area contributed by atoms with Gasteiger partial charge in [0.05, 0.1) is 16.1 Å². The maximum absolute atomic E-state index is 12.8. The molecule has 0 saturated heterocycles. The summed E-state index contributed by atoms with van der Waals surface area (Å²) in [6.07, 6.45) is 9.48. The Bertz CT molecular complexity index is 1330. The zero-order valence-electron chi connectivity index (χ0n) is 19.4. The van der Waals surface area contributed by atoms with E-state index in [9.17, 15) is 4.79 Å². The van der Waals surface area contributed by atoms with Crippen molar-refractivity contribution in [3.8, 4) is 21.7 Å². The van der Waals surface area contributed by atoms with Crippen molar-refractivity contribution < 1.29 is 4.79 Å². The lowest BCUT2D eigenvalue weighted by Crippen LogP contribution is -2.22. The highest BCUT2D eigenvalue weighted by atomic mass is 35.5. The van der Waals surface area contributed by atoms with Gasteiger partial charge in [-0.3, -0.25) is 10.1 Å². The minimum absolute atomic E-state index is 0.278. The van der Waals surface area contributed by atoms with Crippen LogP contribution in [0.25, 0.3) is 21.7 Å². The number of rotatable bonds is 6. The standard InChI is InChI=1S/C27H26ClN5OS/c1-17-6-5-7-18(14-17)24-25(19-12-13-29-23(15-19)31-21-8-3-2-4-9-21)35-27(32-24)33-26(34)20-10-11-22(28)30-16-20/h5-7,10-16,21H,2-4,8-9H2,1H3,(H,29,31)(H,32,33,34). The van der Waals surface area contributed by atoms with Gasteiger partial charge in [0.2, 0.25) is 0 Å². The van der Waals surface area contributed by atoms with Gasteiger partial charge in [0.1, 0.15) is 11.0 Å². The van der Waals surface area contributed by atoms with E-state index >= 15 is 0 Å². The van der Waals surface area contributed by atoms with Crippen molar-refractivity contribution in [2.24, 2.45) is 0 Å². The number of pyridine rings is 2. The molecule has 1 amide bonds. The number of nitrogens with one attached hydrogen (secondary N) is 2. The lowest BCUT2D eigenvalue weighted by molar-refractivity contribution is 0.102. The van der Waals surface area contributed by atoms with Crippen molar-refractivity contribution >= 4 is 39.8 Å². The van der Waals surface area contributed by atoms with E-state index in [2.05, 4.69) is 45.7 Å². The van der Waals surface area contributed by atoms with Crippen molar-refractivity contribution in [1.29, 1.82) is 0 Å². The molecule has 0 unspecified atom stereocenters. The Morgan fingerprint density at radius 3 is 2.66 bits per heavy atom. The Kier molecular flexibility index (Phi) is 7.06. The number of carbonyl (C=O) groups is 1. The second-order valence-electron chi connectivity index (χ2n) is 8.80. The van der Waals surface area contributed by atoms with Crippen molar-refractivity contribution in [2.45, 2.75) is 45.1 Å². The first-order valence-corrected chi connectivity index (χ1v) is 13.0. The highest BCUT2D eigenvalue weighted by molar-refractivity contribution is 7.19. The summed E-state index contributed by atoms with van der Waals surface area (Å²) in [6, 6.07) is 16.0. The smallest absolute Gasteiger partial charge is 0.259 e. The summed E-state index contributed by atoms with van der Waals surface area (Å²) in [6.45, 7) is 2.06. The largest absolute Gasteiger partial charge is 0.367 e. The molecule has 2 N–H and O–H groups in total. The molecule has 3 aromatic heterocycles. The van der Waals surface area contributed by atoms with E-state index in [1.54, 1.807) is 12.1 Å². The fourth-order valence-electron chi connectivity index (χ4n) is 4.34. The van der Waals surface area contributed by atoms with Gasteiger partial charge in [-0.25, -0.2) is 15.0 Å². The van der Waals surface area contributed by atoms with Crippen molar-refractivity contribution in [2.75, 3.05) is 10.6 Å². The van der Waals surface area contributed by atoms with Crippen LogP contribution in [-0.4, -0.2) is 26.9 Å². The number of anilines is 2. The molecule has 0 spiro atoms. The first-order valence-electron chi connectivity index (χ1n) is 11.8. The second kappa shape index (κ2) is 10.5. The maximum Gasteiger partial charge on any atom is 0.259 e. The van der Waals surface area contributed by atoms with Crippen LogP contribution < -0.4 is 10.6 Å². The van der Waals surface area contributed by atoms with Gasteiger partial charge in [-0.15, -0.1) is 0 Å². The van der Waals surface area contributed by atoms with E-state index < -0.39 is 0 Å². The van der Waals surface area contributed by atoms with Crippen LogP contribution >= 0.6 is 22.9 Å². The first kappa shape index (κ1) is 23.5. The van der Waals surface area contributed by atoms with Gasteiger partial charge in [0.15, 0.2) is 5.13 Å². The molecule has 1 saturated carbocycles. The molecule has 0 aliphatic heterocycles. The number of halogens is 1. The quantitative estimate of drug-likeness (QED) is 0.271. The van der Waals surface area contributed by atoms with Crippen LogP contribution in [0.5, 0.6) is 0 Å². The van der Waals surface area contributed by atoms with Crippen LogP contribution in [0, 0.1) is 6.92 Å². The van der Waals surface area contributed by atoms with Crippen LogP contribution in [-0.2, 0) is 0 Å². The molecule has 4 aromatic rings. The molecule has 5 rings (SSSR count). The molecule has 6 nitrogen and oxygen atoms in total. The number of aromatic nitrogens is 3. The minimum Gasteiger partial charge on any atom is -0.367 e. The molecular formula is C27H26ClN5OS. The van der Waals surface area contributed by atoms with Crippen LogP contribution in [0.3, 0.4) is 0 Å². The number of hydrogen-bond acceptors (Lipinski definition) is 6. The predicted octanol–water partition coefficient (Wildman–Crippen LogP) is 7.23. The van der Waals surface area contributed by atoms with Gasteiger partial charge in [0, 0.05) is 24.0 Å². The van der Waals surface area contributed by atoms with Gasteiger partial charge >= 0.3 is 0 Å². The highest BCUT2D eigenvalue weighted by Gasteiger charge is 2.19. The molecular weight excluding hydrogens is 478 g/mol. The summed E-state index contributed by atoms with van der Waals surface area (Å²) in [5.41, 5.74) is 4.42. The summed E-state index contributed by atoms with van der Waals surface area (Å²) in [4.78, 5) is 27.2. The number of thiazole rings is 1. The summed E-state index contributed by atoms with van der Waals surface area (Å²) in [5.74, 6) is 0.593. The van der Waals surface area contributed by atoms with Crippen LogP contribution in [0.2, 0.25) is 5.15 Å². The zero-order chi connectivity index (χ0) is 24.2. The van der Waals surface area contributed by atoms with Crippen LogP contribution in [0.4, 0.5) is 10.9 Å². The number of amides is 1. The van der Waals surface area contributed by atoms with Gasteiger partial charge in [-0.05, 0) is 55.7 Å². The van der Waals surface area contributed by atoms with E-state index in [0.717, 1.165) is 33.1 Å². The molecule has 1 aliphatic rings. The van der Waals surface area contributed by atoms with Crippen molar-refractivity contribution in [3.63, 3.8) is 0 Å². The number of benzene rings is 1. The molecule has 3 heterocycles. The average molecular weight is 504 g/mol. The zero-order valence-corrected chi connectivity index (χ0v) is 21.0. The van der Waals surface area contributed by atoms with Gasteiger partial charge < -0.3 is 5.32 Å². The fourth-order valence-corrected chi connectivity index (χ4v) is 5.43. The third kappa shape index (κ3) is 5.69. The third-order valence-electron chi connectivity index (χ3n) is 6.11. The highest BCUT2D eigenvalue weighted by Crippen LogP contribution is 2.40. The van der Waals surface area contributed by atoms with Crippen LogP contribution in [0.1, 0.15) is 48.0 Å². The third-order valence-corrected chi connectivity index (χ3v) is 7.35. The molecule has 8 heteroatoms. The van der Waals surface area contributed by atoms with E-state index in [4.69, 9.17) is 16.6 Å². The van der Waals surface area contributed by atoms with E-state index in [1.807, 2.05) is 24.4 Å². The summed E-state index contributed by atoms with van der Waals surface area (Å²) < 4.78 is 0. The SMILES string of the molecule is Cc1cccc(-c2nc(NC(=O)c3ccc(Cl)nc3)sc2-c2ccnc(NC3CCCCC3)c2)c1. The van der Waals surface area contributed by atoms with Crippen molar-refractivity contribution in [1.82, 2.24) is 15.0 Å². The average Bonchev–Trinajstić information content (AvgIpc) is 3.29. The minimum atomic E-state index is -0.278. The Morgan fingerprint density at radius 1 is 1.03 bits per heavy atom. The van der Waals surface area contributed by atoms with Gasteiger partial charge in [-0.1, -0.05) is 66.0 Å². The van der Waals surface area contributed by atoms with Crippen LogP contribution in [0.15, 0.2) is 60.9 Å². The molecule has 0 atom stereocenters. The maximum atomic E-state index is 12.8. The van der Waals surface area contributed by atoms with E-state index in [-0.39, 0.29) is 5.91 Å². The number of carbonyl (C=O) groups excluding carboxylic acids is 1. The molecule has 178 valence electrons. The molecule has 35 heavy (non-hydrogen) atoms. The number of aryl methyl sites for hydroxylation is 1. The molecule has 1 aliphatic carbocycles. The van der Waals surface area contributed by atoms with Crippen molar-refractivity contribution in [3.05, 3.63) is 77.2 Å². The summed E-state index contributed by atoms with van der Waals surface area (Å²) in [7, 11) is 0. The summed E-state index contributed by atoms with van der Waals surface area (Å²) in [5, 5.41) is 7.40. The number of nitrogens with zero attached hydrogens (tertiary/aromatic N) is 3. The number of hydrogen-bond donors (Lipinski definition) is 2. The van der Waals surface area contributed by atoms with E-state index in [1.165, 1.54) is 49.6 Å². The van der Waals surface area contributed by atoms with Gasteiger partial charge in [0.25, 0.3) is 5.91 Å². The lowest BCUT2D eigenvalue weighted by Gasteiger charge is -2.23. The fraction of sp³-hybridized carbons (Fsp3) is 0.259. The Hall–Kier alpha value is -3.29. The monoisotopic (exact) mass is 503 g/mol. The van der Waals surface area contributed by atoms with E-state index in [0.29, 0.717) is 21.9 Å². The second-order valence-corrected chi connectivity index (χ2v) is 10.2. The lowest BCUT2D eigenvalue weighted by atomic mass is 9.95. The molecule has 0 bridgehead atoms. The Morgan fingerprint density at radius 2 is 1.89 bits per heavy atom. The topological polar surface area (TPSA) is 79.8 Å². The Balaban J connectivity index is 1.48. The molecule has 0 radical (unpaired) electrons. The molecule has 1 fully saturated rings. The first-order chi connectivity index (χ1) is 17.0. The molecule has 1 aromatic carbocycles. The predicted molar refractivity (Wildman–Crippen MR) is 143 cm³/mol.